The molecule has 0 bridgehead atoms. The molecule has 12 heteroatoms. The van der Waals surface area contributed by atoms with Crippen LogP contribution < -0.4 is 15.4 Å². The zero-order chi connectivity index (χ0) is 26.6. The Balaban J connectivity index is 0.000000236. The van der Waals surface area contributed by atoms with E-state index in [0.717, 1.165) is 41.3 Å². The summed E-state index contributed by atoms with van der Waals surface area (Å²) in [6.45, 7) is -0.0348. The first-order valence-corrected chi connectivity index (χ1v) is 10.3. The minimum Gasteiger partial charge on any atom is -0.497 e. The summed E-state index contributed by atoms with van der Waals surface area (Å²) >= 11 is 0. The van der Waals surface area contributed by atoms with E-state index in [1.807, 2.05) is 0 Å². The number of amides is 2. The third-order valence-electron chi connectivity index (χ3n) is 5.31. The van der Waals surface area contributed by atoms with Crippen LogP contribution in [0.5, 0.6) is 5.75 Å². The van der Waals surface area contributed by atoms with E-state index >= 15 is 0 Å². The average Bonchev–Trinajstić information content (AvgIpc) is 3.19. The average molecular weight is 511 g/mol. The summed E-state index contributed by atoms with van der Waals surface area (Å²) in [4.78, 5) is 27.6. The van der Waals surface area contributed by atoms with Crippen LogP contribution in [0.1, 0.15) is 33.8 Å². The fourth-order valence-corrected chi connectivity index (χ4v) is 3.57. The van der Waals surface area contributed by atoms with Gasteiger partial charge in [0.25, 0.3) is 0 Å². The second-order valence-electron chi connectivity index (χ2n) is 7.66. The normalized spacial score (nSPS) is 15.4. The Morgan fingerprint density at radius 2 is 1.67 bits per heavy atom. The second-order valence-corrected chi connectivity index (χ2v) is 7.66. The Hall–Kier alpha value is -4.09. The van der Waals surface area contributed by atoms with Gasteiger partial charge in [0.2, 0.25) is 11.8 Å². The first-order valence-electron chi connectivity index (χ1n) is 10.3. The highest BCUT2D eigenvalue weighted by Gasteiger charge is 2.36. The Morgan fingerprint density at radius 1 is 1.06 bits per heavy atom. The van der Waals surface area contributed by atoms with Crippen molar-refractivity contribution in [2.45, 2.75) is 18.5 Å². The number of nitrogens with zero attached hydrogens (tertiary/aromatic N) is 2. The maximum absolute atomic E-state index is 14.1. The summed E-state index contributed by atoms with van der Waals surface area (Å²) in [5.74, 6) is -4.19. The van der Waals surface area contributed by atoms with Crippen molar-refractivity contribution in [3.63, 3.8) is 0 Å². The molecule has 1 aromatic heterocycles. The number of carbonyl (C=O) groups is 2. The summed E-state index contributed by atoms with van der Waals surface area (Å²) < 4.78 is 82.9. The van der Waals surface area contributed by atoms with Crippen molar-refractivity contribution in [1.82, 2.24) is 4.98 Å². The van der Waals surface area contributed by atoms with Gasteiger partial charge >= 0.3 is 6.18 Å². The van der Waals surface area contributed by atoms with Crippen molar-refractivity contribution in [2.75, 3.05) is 18.6 Å². The van der Waals surface area contributed by atoms with E-state index < -0.39 is 46.9 Å². The first-order chi connectivity index (χ1) is 16.9. The molecular formula is C24H19F6N3O3. The SMILES string of the molecule is COc1cc(F)c(C2CC(=O)N(c3ncccc3F)C2)c(F)c1.NC(=O)c1ccc(C(F)(F)F)cc1. The maximum atomic E-state index is 14.1. The molecule has 2 amide bonds. The van der Waals surface area contributed by atoms with Crippen molar-refractivity contribution in [1.29, 1.82) is 0 Å². The van der Waals surface area contributed by atoms with Gasteiger partial charge in [0.05, 0.1) is 12.7 Å². The van der Waals surface area contributed by atoms with E-state index in [1.165, 1.54) is 25.4 Å². The molecule has 0 saturated carbocycles. The summed E-state index contributed by atoms with van der Waals surface area (Å²) in [5, 5.41) is 0. The van der Waals surface area contributed by atoms with Gasteiger partial charge in [-0.3, -0.25) is 14.5 Å². The first kappa shape index (κ1) is 26.5. The molecule has 1 saturated heterocycles. The number of anilines is 1. The topological polar surface area (TPSA) is 85.5 Å². The molecule has 4 rings (SSSR count). The van der Waals surface area contributed by atoms with Gasteiger partial charge in [0, 0.05) is 48.3 Å². The van der Waals surface area contributed by atoms with Crippen LogP contribution in [-0.2, 0) is 11.0 Å². The highest BCUT2D eigenvalue weighted by atomic mass is 19.4. The van der Waals surface area contributed by atoms with E-state index in [4.69, 9.17) is 10.5 Å². The number of hydrogen-bond acceptors (Lipinski definition) is 4. The number of methoxy groups -OCH3 is 1. The van der Waals surface area contributed by atoms with Crippen LogP contribution in [0.2, 0.25) is 0 Å². The van der Waals surface area contributed by atoms with Crippen molar-refractivity contribution in [3.8, 4) is 5.75 Å². The number of aromatic nitrogens is 1. The highest BCUT2D eigenvalue weighted by Crippen LogP contribution is 2.36. The second kappa shape index (κ2) is 10.7. The van der Waals surface area contributed by atoms with Crippen LogP contribution in [0.4, 0.5) is 32.2 Å². The van der Waals surface area contributed by atoms with Crippen LogP contribution in [0.3, 0.4) is 0 Å². The smallest absolute Gasteiger partial charge is 0.416 e. The lowest BCUT2D eigenvalue weighted by Crippen LogP contribution is -2.26. The molecule has 1 unspecified atom stereocenters. The van der Waals surface area contributed by atoms with Gasteiger partial charge in [-0.25, -0.2) is 18.2 Å². The van der Waals surface area contributed by atoms with Crippen molar-refractivity contribution in [2.24, 2.45) is 5.73 Å². The van der Waals surface area contributed by atoms with Crippen molar-refractivity contribution < 1.29 is 40.7 Å². The molecule has 2 heterocycles. The third kappa shape index (κ3) is 5.93. The van der Waals surface area contributed by atoms with E-state index in [-0.39, 0.29) is 35.7 Å². The molecule has 0 aliphatic carbocycles. The highest BCUT2D eigenvalue weighted by molar-refractivity contribution is 5.95. The van der Waals surface area contributed by atoms with E-state index in [1.54, 1.807) is 0 Å². The van der Waals surface area contributed by atoms with Crippen LogP contribution in [-0.4, -0.2) is 30.5 Å². The Labute approximate surface area is 201 Å². The summed E-state index contributed by atoms with van der Waals surface area (Å²) in [6.07, 6.45) is -3.14. The molecule has 1 aliphatic heterocycles. The number of benzene rings is 2. The third-order valence-corrected chi connectivity index (χ3v) is 5.31. The van der Waals surface area contributed by atoms with Gasteiger partial charge in [-0.15, -0.1) is 0 Å². The monoisotopic (exact) mass is 511 g/mol. The van der Waals surface area contributed by atoms with Gasteiger partial charge in [-0.2, -0.15) is 13.2 Å². The minimum absolute atomic E-state index is 0.0348. The predicted molar refractivity (Wildman–Crippen MR) is 117 cm³/mol. The summed E-state index contributed by atoms with van der Waals surface area (Å²) in [7, 11) is 1.30. The number of halogens is 6. The molecule has 36 heavy (non-hydrogen) atoms. The number of primary amides is 1. The van der Waals surface area contributed by atoms with Crippen molar-refractivity contribution in [3.05, 3.63) is 88.9 Å². The van der Waals surface area contributed by atoms with Crippen LogP contribution in [0.25, 0.3) is 0 Å². The number of carbonyl (C=O) groups excluding carboxylic acids is 2. The molecule has 1 fully saturated rings. The number of nitrogens with two attached hydrogens (primary N) is 1. The zero-order valence-electron chi connectivity index (χ0n) is 18.7. The summed E-state index contributed by atoms with van der Waals surface area (Å²) in [5.41, 5.74) is 3.93. The molecule has 2 aromatic carbocycles. The summed E-state index contributed by atoms with van der Waals surface area (Å²) in [6, 6.07) is 8.44. The molecule has 1 atom stereocenters. The Morgan fingerprint density at radius 3 is 2.17 bits per heavy atom. The number of ether oxygens (including phenoxy) is 1. The molecule has 1 aliphatic rings. The number of pyridine rings is 1. The van der Waals surface area contributed by atoms with E-state index in [2.05, 4.69) is 4.98 Å². The van der Waals surface area contributed by atoms with Gasteiger partial charge in [-0.05, 0) is 36.4 Å². The number of hydrogen-bond donors (Lipinski definition) is 1. The molecule has 0 radical (unpaired) electrons. The predicted octanol–water partition coefficient (Wildman–Crippen LogP) is 4.83. The molecule has 190 valence electrons. The zero-order valence-corrected chi connectivity index (χ0v) is 18.7. The van der Waals surface area contributed by atoms with E-state index in [0.29, 0.717) is 0 Å². The van der Waals surface area contributed by atoms with Gasteiger partial charge < -0.3 is 10.5 Å². The largest absolute Gasteiger partial charge is 0.497 e. The quantitative estimate of drug-likeness (QED) is 0.509. The lowest BCUT2D eigenvalue weighted by atomic mass is 9.97. The lowest BCUT2D eigenvalue weighted by Gasteiger charge is -2.17. The fraction of sp³-hybridized carbons (Fsp3) is 0.208. The molecule has 3 aromatic rings. The standard InChI is InChI=1S/C16H13F3N2O2.C8H6F3NO/c1-23-10-6-12(18)15(13(19)7-10)9-5-14(22)21(8-9)16-11(17)3-2-4-20-16;9-8(10,11)6-3-1-5(2-4-6)7(12)13/h2-4,6-7,9H,5,8H2,1H3;1-4H,(H2,12,13). The van der Waals surface area contributed by atoms with Gasteiger partial charge in [0.15, 0.2) is 11.6 Å². The molecule has 2 N–H and O–H groups in total. The van der Waals surface area contributed by atoms with Crippen LogP contribution >= 0.6 is 0 Å². The molecule has 0 spiro atoms. The number of rotatable bonds is 4. The van der Waals surface area contributed by atoms with Gasteiger partial charge in [-0.1, -0.05) is 0 Å². The minimum atomic E-state index is -4.38. The van der Waals surface area contributed by atoms with Crippen LogP contribution in [0.15, 0.2) is 54.7 Å². The number of alkyl halides is 3. The van der Waals surface area contributed by atoms with Gasteiger partial charge in [0.1, 0.15) is 17.4 Å². The Bertz CT molecular complexity index is 1240. The lowest BCUT2D eigenvalue weighted by molar-refractivity contribution is -0.137. The molecule has 6 nitrogen and oxygen atoms in total. The van der Waals surface area contributed by atoms with Crippen LogP contribution in [0, 0.1) is 17.5 Å². The fourth-order valence-electron chi connectivity index (χ4n) is 3.57. The Kier molecular flexibility index (Phi) is 7.86. The van der Waals surface area contributed by atoms with E-state index in [9.17, 15) is 35.9 Å². The van der Waals surface area contributed by atoms with Crippen molar-refractivity contribution >= 4 is 17.6 Å². The maximum Gasteiger partial charge on any atom is 0.416 e. The molecular weight excluding hydrogens is 492 g/mol.